The third-order valence-electron chi connectivity index (χ3n) is 4.41. The molecule has 8 nitrogen and oxygen atoms in total. The molecule has 0 aliphatic rings. The Morgan fingerprint density at radius 3 is 2.23 bits per heavy atom. The van der Waals surface area contributed by atoms with Gasteiger partial charge in [0.1, 0.15) is 10.6 Å². The lowest BCUT2D eigenvalue weighted by Crippen LogP contribution is -2.35. The number of carbonyl (C=O) groups is 2. The molecule has 2 aromatic rings. The van der Waals surface area contributed by atoms with E-state index < -0.39 is 22.1 Å². The molecule has 0 aliphatic heterocycles. The molecule has 1 atom stereocenters. The largest absolute Gasteiger partial charge is 0.495 e. The van der Waals surface area contributed by atoms with E-state index in [1.807, 2.05) is 30.3 Å². The topological polar surface area (TPSA) is 93.2 Å². The van der Waals surface area contributed by atoms with E-state index in [1.165, 1.54) is 48.5 Å². The normalized spacial score (nSPS) is 12.3. The van der Waals surface area contributed by atoms with Gasteiger partial charge in [-0.2, -0.15) is 4.31 Å². The van der Waals surface area contributed by atoms with Crippen LogP contribution in [0.1, 0.15) is 22.8 Å². The summed E-state index contributed by atoms with van der Waals surface area (Å²) < 4.78 is 37.8. The van der Waals surface area contributed by atoms with Gasteiger partial charge in [-0.3, -0.25) is 4.79 Å². The zero-order valence-corrected chi connectivity index (χ0v) is 18.5. The fourth-order valence-corrected chi connectivity index (χ4v) is 4.08. The van der Waals surface area contributed by atoms with Crippen LogP contribution in [0.2, 0.25) is 0 Å². The van der Waals surface area contributed by atoms with Crippen molar-refractivity contribution >= 4 is 21.9 Å². The predicted octanol–water partition coefficient (Wildman–Crippen LogP) is 2.15. The van der Waals surface area contributed by atoms with Crippen molar-refractivity contribution in [3.05, 3.63) is 59.7 Å². The fraction of sp³-hybridized carbons (Fsp3) is 0.333. The van der Waals surface area contributed by atoms with Crippen molar-refractivity contribution in [1.29, 1.82) is 0 Å². The van der Waals surface area contributed by atoms with Crippen LogP contribution in [0.25, 0.3) is 0 Å². The monoisotopic (exact) mass is 434 g/mol. The van der Waals surface area contributed by atoms with Crippen molar-refractivity contribution in [2.24, 2.45) is 0 Å². The molecule has 2 aromatic carbocycles. The number of sulfonamides is 1. The van der Waals surface area contributed by atoms with E-state index in [-0.39, 0.29) is 28.7 Å². The Balaban J connectivity index is 2.33. The maximum Gasteiger partial charge on any atom is 0.338 e. The standard InChI is InChI=1S/C21H26N2O6S/c1-15(20(24)22(2)3)29-21(25)17-11-12-18(28-5)19(13-17)30(26,27)23(4)14-16-9-7-6-8-10-16/h6-13,15H,14H2,1-5H3. The van der Waals surface area contributed by atoms with Gasteiger partial charge >= 0.3 is 5.97 Å². The van der Waals surface area contributed by atoms with Crippen molar-refractivity contribution in [3.63, 3.8) is 0 Å². The van der Waals surface area contributed by atoms with Crippen molar-refractivity contribution < 1.29 is 27.5 Å². The Morgan fingerprint density at radius 2 is 1.67 bits per heavy atom. The molecule has 1 unspecified atom stereocenters. The smallest absolute Gasteiger partial charge is 0.338 e. The van der Waals surface area contributed by atoms with Gasteiger partial charge < -0.3 is 14.4 Å². The van der Waals surface area contributed by atoms with Gasteiger partial charge in [0.25, 0.3) is 5.91 Å². The average molecular weight is 435 g/mol. The van der Waals surface area contributed by atoms with E-state index in [4.69, 9.17) is 9.47 Å². The van der Waals surface area contributed by atoms with Crippen molar-refractivity contribution in [2.45, 2.75) is 24.5 Å². The molecule has 0 aliphatic carbocycles. The second-order valence-corrected chi connectivity index (χ2v) is 8.91. The number of rotatable bonds is 8. The number of carbonyl (C=O) groups excluding carboxylic acids is 2. The zero-order valence-electron chi connectivity index (χ0n) is 17.7. The number of esters is 1. The molecule has 2 rings (SSSR count). The van der Waals surface area contributed by atoms with E-state index in [9.17, 15) is 18.0 Å². The van der Waals surface area contributed by atoms with Crippen LogP contribution >= 0.6 is 0 Å². The molecule has 0 radical (unpaired) electrons. The first-order valence-corrected chi connectivity index (χ1v) is 10.6. The number of likely N-dealkylation sites (N-methyl/N-ethyl adjacent to an activating group) is 1. The molecule has 0 aromatic heterocycles. The van der Waals surface area contributed by atoms with Crippen LogP contribution in [-0.4, -0.2) is 63.9 Å². The molecule has 9 heteroatoms. The summed E-state index contributed by atoms with van der Waals surface area (Å²) in [6.45, 7) is 1.60. The number of hydrogen-bond donors (Lipinski definition) is 0. The summed E-state index contributed by atoms with van der Waals surface area (Å²) in [6, 6.07) is 13.1. The average Bonchev–Trinajstić information content (AvgIpc) is 2.73. The summed E-state index contributed by atoms with van der Waals surface area (Å²) in [7, 11) is 1.93. The summed E-state index contributed by atoms with van der Waals surface area (Å²) in [6.07, 6.45) is -1.00. The SMILES string of the molecule is COc1ccc(C(=O)OC(C)C(=O)N(C)C)cc1S(=O)(=O)N(C)Cc1ccccc1. The van der Waals surface area contributed by atoms with E-state index in [0.29, 0.717) is 0 Å². The molecule has 0 fully saturated rings. The van der Waals surface area contributed by atoms with Gasteiger partial charge in [-0.1, -0.05) is 30.3 Å². The summed E-state index contributed by atoms with van der Waals surface area (Å²) in [4.78, 5) is 25.5. The van der Waals surface area contributed by atoms with Crippen molar-refractivity contribution in [1.82, 2.24) is 9.21 Å². The molecular formula is C21H26N2O6S. The van der Waals surface area contributed by atoms with Crippen LogP contribution in [0, 0.1) is 0 Å². The molecule has 1 amide bonds. The molecule has 0 spiro atoms. The maximum atomic E-state index is 13.1. The van der Waals surface area contributed by atoms with Crippen LogP contribution in [-0.2, 0) is 26.1 Å². The van der Waals surface area contributed by atoms with Crippen LogP contribution in [0.15, 0.2) is 53.4 Å². The van der Waals surface area contributed by atoms with Crippen LogP contribution in [0.4, 0.5) is 0 Å². The minimum Gasteiger partial charge on any atom is -0.495 e. The number of benzene rings is 2. The van der Waals surface area contributed by atoms with E-state index in [2.05, 4.69) is 0 Å². The molecule has 0 N–H and O–H groups in total. The Bertz CT molecular complexity index is 1010. The first kappa shape index (κ1) is 23.4. The first-order valence-electron chi connectivity index (χ1n) is 9.18. The lowest BCUT2D eigenvalue weighted by atomic mass is 10.2. The molecule has 0 saturated carbocycles. The molecule has 162 valence electrons. The third-order valence-corrected chi connectivity index (χ3v) is 6.23. The molecule has 30 heavy (non-hydrogen) atoms. The van der Waals surface area contributed by atoms with E-state index >= 15 is 0 Å². The minimum absolute atomic E-state index is 0.000826. The number of methoxy groups -OCH3 is 1. The molecular weight excluding hydrogens is 408 g/mol. The Morgan fingerprint density at radius 1 is 1.03 bits per heavy atom. The highest BCUT2D eigenvalue weighted by molar-refractivity contribution is 7.89. The second-order valence-electron chi connectivity index (χ2n) is 6.89. The first-order chi connectivity index (χ1) is 14.1. The van der Waals surface area contributed by atoms with E-state index in [1.54, 1.807) is 14.1 Å². The highest BCUT2D eigenvalue weighted by atomic mass is 32.2. The highest BCUT2D eigenvalue weighted by Crippen LogP contribution is 2.28. The Labute approximate surface area is 177 Å². The summed E-state index contributed by atoms with van der Waals surface area (Å²) in [5, 5.41) is 0. The number of nitrogens with zero attached hydrogens (tertiary/aromatic N) is 2. The summed E-state index contributed by atoms with van der Waals surface area (Å²) in [5.74, 6) is -1.08. The zero-order chi connectivity index (χ0) is 22.5. The lowest BCUT2D eigenvalue weighted by molar-refractivity contribution is -0.137. The number of hydrogen-bond acceptors (Lipinski definition) is 6. The molecule has 0 bridgehead atoms. The van der Waals surface area contributed by atoms with Crippen molar-refractivity contribution in [3.8, 4) is 5.75 Å². The predicted molar refractivity (Wildman–Crippen MR) is 112 cm³/mol. The van der Waals surface area contributed by atoms with E-state index in [0.717, 1.165) is 5.56 Å². The van der Waals surface area contributed by atoms with Gasteiger partial charge in [0.15, 0.2) is 6.10 Å². The van der Waals surface area contributed by atoms with Gasteiger partial charge in [-0.15, -0.1) is 0 Å². The third kappa shape index (κ3) is 5.37. The van der Waals surface area contributed by atoms with Crippen LogP contribution < -0.4 is 4.74 Å². The van der Waals surface area contributed by atoms with Gasteiger partial charge in [0.2, 0.25) is 10.0 Å². The highest BCUT2D eigenvalue weighted by Gasteiger charge is 2.28. The van der Waals surface area contributed by atoms with Crippen LogP contribution in [0.3, 0.4) is 0 Å². The minimum atomic E-state index is -3.97. The summed E-state index contributed by atoms with van der Waals surface area (Å²) in [5.41, 5.74) is 0.815. The number of amides is 1. The Hall–Kier alpha value is -2.91. The fourth-order valence-electron chi connectivity index (χ4n) is 2.74. The van der Waals surface area contributed by atoms with Gasteiger partial charge in [0, 0.05) is 27.7 Å². The number of ether oxygens (including phenoxy) is 2. The molecule has 0 heterocycles. The second kappa shape index (κ2) is 9.73. The maximum absolute atomic E-state index is 13.1. The lowest BCUT2D eigenvalue weighted by Gasteiger charge is -2.20. The summed E-state index contributed by atoms with van der Waals surface area (Å²) >= 11 is 0. The van der Waals surface area contributed by atoms with Gasteiger partial charge in [0.05, 0.1) is 12.7 Å². The quantitative estimate of drug-likeness (QED) is 0.591. The van der Waals surface area contributed by atoms with Gasteiger partial charge in [-0.05, 0) is 30.7 Å². The van der Waals surface area contributed by atoms with Crippen molar-refractivity contribution in [2.75, 3.05) is 28.3 Å². The van der Waals surface area contributed by atoms with Gasteiger partial charge in [-0.25, -0.2) is 13.2 Å². The molecule has 0 saturated heterocycles. The Kier molecular flexibility index (Phi) is 7.58. The van der Waals surface area contributed by atoms with Crippen LogP contribution in [0.5, 0.6) is 5.75 Å².